The molecule has 136 valence electrons. The van der Waals surface area contributed by atoms with Gasteiger partial charge in [-0.3, -0.25) is 4.79 Å². The molecule has 0 unspecified atom stereocenters. The van der Waals surface area contributed by atoms with E-state index in [1.807, 2.05) is 36.4 Å². The second kappa shape index (κ2) is 7.46. The number of esters is 2. The van der Waals surface area contributed by atoms with Crippen molar-refractivity contribution in [1.29, 1.82) is 0 Å². The smallest absolute Gasteiger partial charge is 0.338 e. The molecule has 0 saturated heterocycles. The highest BCUT2D eigenvalue weighted by Crippen LogP contribution is 2.31. The van der Waals surface area contributed by atoms with Crippen molar-refractivity contribution >= 4 is 33.5 Å². The van der Waals surface area contributed by atoms with Gasteiger partial charge in [-0.15, -0.1) is 0 Å². The van der Waals surface area contributed by atoms with Crippen molar-refractivity contribution in [3.63, 3.8) is 0 Å². The van der Waals surface area contributed by atoms with Crippen molar-refractivity contribution in [2.45, 2.75) is 20.3 Å². The summed E-state index contributed by atoms with van der Waals surface area (Å²) in [4.78, 5) is 23.5. The summed E-state index contributed by atoms with van der Waals surface area (Å²) in [5.74, 6) is 0.197. The molecular formula is C23H20O4. The lowest BCUT2D eigenvalue weighted by atomic mass is 10.0. The zero-order valence-corrected chi connectivity index (χ0v) is 15.4. The topological polar surface area (TPSA) is 52.6 Å². The SMILES string of the molecule is C=C(C)CC(=O)Oc1ccc2c(ccc3cc(OC(=O)C(=C)C)ccc32)c1. The minimum absolute atomic E-state index is 0.196. The van der Waals surface area contributed by atoms with Gasteiger partial charge in [0.25, 0.3) is 0 Å². The molecule has 0 spiro atoms. The number of rotatable bonds is 5. The van der Waals surface area contributed by atoms with Gasteiger partial charge in [0, 0.05) is 5.57 Å². The van der Waals surface area contributed by atoms with Crippen LogP contribution in [0.4, 0.5) is 0 Å². The van der Waals surface area contributed by atoms with Crippen molar-refractivity contribution in [2.24, 2.45) is 0 Å². The first-order valence-corrected chi connectivity index (χ1v) is 8.53. The van der Waals surface area contributed by atoms with Crippen LogP contribution >= 0.6 is 0 Å². The third-order valence-corrected chi connectivity index (χ3v) is 4.02. The highest BCUT2D eigenvalue weighted by molar-refractivity contribution is 6.08. The number of fused-ring (bicyclic) bond motifs is 3. The largest absolute Gasteiger partial charge is 0.426 e. The summed E-state index contributed by atoms with van der Waals surface area (Å²) in [5, 5.41) is 3.93. The van der Waals surface area contributed by atoms with Crippen LogP contribution in [0.3, 0.4) is 0 Å². The molecule has 0 heterocycles. The van der Waals surface area contributed by atoms with Crippen LogP contribution in [0.15, 0.2) is 72.8 Å². The minimum Gasteiger partial charge on any atom is -0.426 e. The van der Waals surface area contributed by atoms with Crippen LogP contribution in [0.25, 0.3) is 21.5 Å². The first-order chi connectivity index (χ1) is 12.8. The van der Waals surface area contributed by atoms with E-state index in [1.54, 1.807) is 26.0 Å². The monoisotopic (exact) mass is 360 g/mol. The van der Waals surface area contributed by atoms with Gasteiger partial charge in [0.05, 0.1) is 6.42 Å². The van der Waals surface area contributed by atoms with Crippen LogP contribution in [-0.4, -0.2) is 11.9 Å². The molecule has 3 rings (SSSR count). The molecule has 0 aromatic heterocycles. The van der Waals surface area contributed by atoms with E-state index in [-0.39, 0.29) is 12.4 Å². The maximum Gasteiger partial charge on any atom is 0.338 e. The molecule has 27 heavy (non-hydrogen) atoms. The standard InChI is InChI=1S/C23H20O4/c1-14(2)11-22(24)26-18-7-9-20-16(12-18)5-6-17-13-19(8-10-21(17)20)27-23(25)15(3)4/h5-10,12-13H,1,3,11H2,2,4H3. The van der Waals surface area contributed by atoms with Crippen molar-refractivity contribution in [3.8, 4) is 11.5 Å². The Balaban J connectivity index is 1.92. The molecule has 3 aromatic carbocycles. The Bertz CT molecular complexity index is 1090. The van der Waals surface area contributed by atoms with Gasteiger partial charge in [0.2, 0.25) is 0 Å². The average molecular weight is 360 g/mol. The number of carbonyl (C=O) groups is 2. The number of ether oxygens (including phenoxy) is 2. The molecule has 0 aliphatic heterocycles. The van der Waals surface area contributed by atoms with Crippen molar-refractivity contribution in [3.05, 3.63) is 72.8 Å². The minimum atomic E-state index is -0.448. The summed E-state index contributed by atoms with van der Waals surface area (Å²) in [6, 6.07) is 14.9. The summed E-state index contributed by atoms with van der Waals surface area (Å²) >= 11 is 0. The van der Waals surface area contributed by atoms with Crippen molar-refractivity contribution in [1.82, 2.24) is 0 Å². The number of hydrogen-bond acceptors (Lipinski definition) is 4. The maximum absolute atomic E-state index is 11.8. The van der Waals surface area contributed by atoms with Crippen LogP contribution in [0.1, 0.15) is 20.3 Å². The zero-order valence-electron chi connectivity index (χ0n) is 15.4. The molecule has 0 saturated carbocycles. The van der Waals surface area contributed by atoms with Crippen molar-refractivity contribution in [2.75, 3.05) is 0 Å². The Kier molecular flexibility index (Phi) is 5.08. The summed E-state index contributed by atoms with van der Waals surface area (Å²) in [7, 11) is 0. The van der Waals surface area contributed by atoms with Crippen LogP contribution in [0, 0.1) is 0 Å². The van der Waals surface area contributed by atoms with Gasteiger partial charge in [0.15, 0.2) is 0 Å². The third-order valence-electron chi connectivity index (χ3n) is 4.02. The lowest BCUT2D eigenvalue weighted by molar-refractivity contribution is -0.133. The average Bonchev–Trinajstić information content (AvgIpc) is 2.60. The zero-order chi connectivity index (χ0) is 19.6. The lowest BCUT2D eigenvalue weighted by Crippen LogP contribution is -2.08. The predicted molar refractivity (Wildman–Crippen MR) is 107 cm³/mol. The first kappa shape index (κ1) is 18.4. The molecule has 0 radical (unpaired) electrons. The predicted octanol–water partition coefficient (Wildman–Crippen LogP) is 5.35. The normalized spacial score (nSPS) is 10.6. The molecular weight excluding hydrogens is 340 g/mol. The number of hydrogen-bond donors (Lipinski definition) is 0. The fourth-order valence-electron chi connectivity index (χ4n) is 2.76. The molecule has 0 N–H and O–H groups in total. The molecule has 0 fully saturated rings. The van der Waals surface area contributed by atoms with Gasteiger partial charge in [-0.05, 0) is 59.7 Å². The molecule has 0 aliphatic carbocycles. The maximum atomic E-state index is 11.8. The summed E-state index contributed by atoms with van der Waals surface area (Å²) in [6.07, 6.45) is 0.196. The lowest BCUT2D eigenvalue weighted by Gasteiger charge is -2.09. The van der Waals surface area contributed by atoms with Crippen LogP contribution in [0.5, 0.6) is 11.5 Å². The Hall–Kier alpha value is -3.40. The van der Waals surface area contributed by atoms with Gasteiger partial charge in [-0.25, -0.2) is 4.79 Å². The van der Waals surface area contributed by atoms with Gasteiger partial charge >= 0.3 is 11.9 Å². The van der Waals surface area contributed by atoms with Crippen LogP contribution in [-0.2, 0) is 9.59 Å². The third kappa shape index (κ3) is 4.23. The number of benzene rings is 3. The molecule has 0 aliphatic rings. The number of carbonyl (C=O) groups excluding carboxylic acids is 2. The van der Waals surface area contributed by atoms with E-state index in [0.29, 0.717) is 17.1 Å². The molecule has 0 bridgehead atoms. The Morgan fingerprint density at radius 2 is 1.33 bits per heavy atom. The van der Waals surface area contributed by atoms with E-state index in [9.17, 15) is 9.59 Å². The van der Waals surface area contributed by atoms with Gasteiger partial charge in [-0.2, -0.15) is 0 Å². The van der Waals surface area contributed by atoms with Crippen LogP contribution < -0.4 is 9.47 Å². The Morgan fingerprint density at radius 1 is 0.815 bits per heavy atom. The van der Waals surface area contributed by atoms with Gasteiger partial charge in [0.1, 0.15) is 11.5 Å². The Morgan fingerprint density at radius 3 is 1.81 bits per heavy atom. The van der Waals surface area contributed by atoms with Gasteiger partial charge < -0.3 is 9.47 Å². The fraction of sp³-hybridized carbons (Fsp3) is 0.130. The second-order valence-electron chi connectivity index (χ2n) is 6.61. The van der Waals surface area contributed by atoms with E-state index in [4.69, 9.17) is 9.47 Å². The van der Waals surface area contributed by atoms with E-state index in [0.717, 1.165) is 27.1 Å². The molecule has 3 aromatic rings. The molecule has 4 heteroatoms. The van der Waals surface area contributed by atoms with Crippen LogP contribution in [0.2, 0.25) is 0 Å². The highest BCUT2D eigenvalue weighted by Gasteiger charge is 2.09. The molecule has 0 amide bonds. The Labute approximate surface area is 157 Å². The highest BCUT2D eigenvalue weighted by atomic mass is 16.5. The first-order valence-electron chi connectivity index (χ1n) is 8.53. The summed E-state index contributed by atoms with van der Waals surface area (Å²) < 4.78 is 10.7. The van der Waals surface area contributed by atoms with E-state index in [1.165, 1.54) is 0 Å². The molecule has 4 nitrogen and oxygen atoms in total. The van der Waals surface area contributed by atoms with Gasteiger partial charge in [-0.1, -0.05) is 43.0 Å². The summed E-state index contributed by atoms with van der Waals surface area (Å²) in [5.41, 5.74) is 1.11. The quantitative estimate of drug-likeness (QED) is 0.202. The second-order valence-corrected chi connectivity index (χ2v) is 6.61. The molecule has 0 atom stereocenters. The van der Waals surface area contributed by atoms with E-state index in [2.05, 4.69) is 13.2 Å². The van der Waals surface area contributed by atoms with E-state index >= 15 is 0 Å². The van der Waals surface area contributed by atoms with E-state index < -0.39 is 5.97 Å². The van der Waals surface area contributed by atoms with Crippen molar-refractivity contribution < 1.29 is 19.1 Å². The fourth-order valence-corrected chi connectivity index (χ4v) is 2.76. The summed E-state index contributed by atoms with van der Waals surface area (Å²) in [6.45, 7) is 10.7.